The lowest BCUT2D eigenvalue weighted by Gasteiger charge is -2.14. The maximum absolute atomic E-state index is 5.13. The number of rotatable bonds is 10. The lowest BCUT2D eigenvalue weighted by molar-refractivity contribution is 0.164. The zero-order chi connectivity index (χ0) is 14.8. The number of aromatic nitrogens is 2. The molecular formula is C14H26N4O2. The molecule has 0 saturated heterocycles. The topological polar surface area (TPSA) is 68.3 Å². The SMILES string of the molecule is CCCNc1cc(NCC(C)COC)nc(COC)n1. The van der Waals surface area contributed by atoms with Crippen molar-refractivity contribution in [2.75, 3.05) is 44.5 Å². The fraction of sp³-hybridized carbons (Fsp3) is 0.714. The molecule has 0 aliphatic heterocycles. The van der Waals surface area contributed by atoms with Crippen LogP contribution in [0.25, 0.3) is 0 Å². The summed E-state index contributed by atoms with van der Waals surface area (Å²) in [5.41, 5.74) is 0. The van der Waals surface area contributed by atoms with Gasteiger partial charge in [-0.1, -0.05) is 13.8 Å². The van der Waals surface area contributed by atoms with Crippen LogP contribution >= 0.6 is 0 Å². The van der Waals surface area contributed by atoms with Crippen molar-refractivity contribution in [3.8, 4) is 0 Å². The van der Waals surface area contributed by atoms with Gasteiger partial charge in [0.15, 0.2) is 5.82 Å². The minimum atomic E-state index is 0.407. The van der Waals surface area contributed by atoms with E-state index in [0.29, 0.717) is 18.3 Å². The molecule has 1 aromatic heterocycles. The zero-order valence-corrected chi connectivity index (χ0v) is 12.9. The van der Waals surface area contributed by atoms with Gasteiger partial charge in [0.05, 0.1) is 6.61 Å². The van der Waals surface area contributed by atoms with Crippen molar-refractivity contribution in [1.29, 1.82) is 0 Å². The number of anilines is 2. The third kappa shape index (κ3) is 6.16. The van der Waals surface area contributed by atoms with Crippen molar-refractivity contribution in [1.82, 2.24) is 9.97 Å². The van der Waals surface area contributed by atoms with Gasteiger partial charge in [0, 0.05) is 33.4 Å². The Labute approximate surface area is 121 Å². The Kier molecular flexibility index (Phi) is 7.91. The molecule has 1 aromatic rings. The summed E-state index contributed by atoms with van der Waals surface area (Å²) in [5, 5.41) is 6.59. The van der Waals surface area contributed by atoms with Gasteiger partial charge in [0.25, 0.3) is 0 Å². The monoisotopic (exact) mass is 282 g/mol. The third-order valence-corrected chi connectivity index (χ3v) is 2.68. The largest absolute Gasteiger partial charge is 0.384 e. The van der Waals surface area contributed by atoms with E-state index < -0.39 is 0 Å². The normalized spacial score (nSPS) is 12.2. The first kappa shape index (κ1) is 16.7. The van der Waals surface area contributed by atoms with E-state index in [0.717, 1.165) is 37.8 Å². The summed E-state index contributed by atoms with van der Waals surface area (Å²) >= 11 is 0. The molecule has 6 nitrogen and oxygen atoms in total. The second-order valence-electron chi connectivity index (χ2n) is 4.86. The van der Waals surface area contributed by atoms with E-state index in [1.54, 1.807) is 14.2 Å². The molecule has 0 radical (unpaired) electrons. The molecule has 1 rings (SSSR count). The van der Waals surface area contributed by atoms with Gasteiger partial charge in [-0.15, -0.1) is 0 Å². The zero-order valence-electron chi connectivity index (χ0n) is 12.9. The molecule has 0 bridgehead atoms. The van der Waals surface area contributed by atoms with Crippen LogP contribution in [-0.2, 0) is 16.1 Å². The van der Waals surface area contributed by atoms with Gasteiger partial charge in [-0.25, -0.2) is 9.97 Å². The van der Waals surface area contributed by atoms with Crippen molar-refractivity contribution in [3.05, 3.63) is 11.9 Å². The molecule has 0 fully saturated rings. The van der Waals surface area contributed by atoms with Crippen LogP contribution < -0.4 is 10.6 Å². The third-order valence-electron chi connectivity index (χ3n) is 2.68. The first-order chi connectivity index (χ1) is 9.69. The number of nitrogens with zero attached hydrogens (tertiary/aromatic N) is 2. The van der Waals surface area contributed by atoms with Gasteiger partial charge in [-0.05, 0) is 12.3 Å². The highest BCUT2D eigenvalue weighted by molar-refractivity contribution is 5.47. The smallest absolute Gasteiger partial charge is 0.158 e. The van der Waals surface area contributed by atoms with E-state index >= 15 is 0 Å². The average molecular weight is 282 g/mol. The summed E-state index contributed by atoms with van der Waals surface area (Å²) < 4.78 is 10.2. The predicted molar refractivity (Wildman–Crippen MR) is 81.1 cm³/mol. The lowest BCUT2D eigenvalue weighted by Crippen LogP contribution is -2.17. The highest BCUT2D eigenvalue weighted by Crippen LogP contribution is 2.13. The lowest BCUT2D eigenvalue weighted by atomic mass is 10.2. The number of hydrogen-bond acceptors (Lipinski definition) is 6. The number of ether oxygens (including phenoxy) is 2. The summed E-state index contributed by atoms with van der Waals surface area (Å²) in [4.78, 5) is 8.85. The molecular weight excluding hydrogens is 256 g/mol. The highest BCUT2D eigenvalue weighted by Gasteiger charge is 2.06. The number of methoxy groups -OCH3 is 2. The van der Waals surface area contributed by atoms with E-state index in [4.69, 9.17) is 9.47 Å². The van der Waals surface area contributed by atoms with E-state index in [1.807, 2.05) is 6.07 Å². The van der Waals surface area contributed by atoms with Gasteiger partial charge >= 0.3 is 0 Å². The minimum Gasteiger partial charge on any atom is -0.384 e. The molecule has 20 heavy (non-hydrogen) atoms. The Morgan fingerprint density at radius 2 is 1.85 bits per heavy atom. The van der Waals surface area contributed by atoms with Crippen LogP contribution in [0.1, 0.15) is 26.1 Å². The summed E-state index contributed by atoms with van der Waals surface area (Å²) in [6.07, 6.45) is 1.05. The number of hydrogen-bond donors (Lipinski definition) is 2. The molecule has 6 heteroatoms. The first-order valence-corrected chi connectivity index (χ1v) is 7.03. The second kappa shape index (κ2) is 9.50. The molecule has 0 spiro atoms. The Balaban J connectivity index is 2.69. The van der Waals surface area contributed by atoms with E-state index in [-0.39, 0.29) is 0 Å². The highest BCUT2D eigenvalue weighted by atomic mass is 16.5. The van der Waals surface area contributed by atoms with Crippen molar-refractivity contribution >= 4 is 11.6 Å². The molecule has 1 heterocycles. The fourth-order valence-electron chi connectivity index (χ4n) is 1.75. The van der Waals surface area contributed by atoms with Crippen LogP contribution in [0.5, 0.6) is 0 Å². The molecule has 0 amide bonds. The van der Waals surface area contributed by atoms with Crippen LogP contribution in [0.3, 0.4) is 0 Å². The van der Waals surface area contributed by atoms with Crippen molar-refractivity contribution in [2.24, 2.45) is 5.92 Å². The summed E-state index contributed by atoms with van der Waals surface area (Å²) in [5.74, 6) is 2.74. The van der Waals surface area contributed by atoms with Crippen molar-refractivity contribution < 1.29 is 9.47 Å². The van der Waals surface area contributed by atoms with Crippen molar-refractivity contribution in [3.63, 3.8) is 0 Å². The van der Waals surface area contributed by atoms with Crippen molar-refractivity contribution in [2.45, 2.75) is 26.9 Å². The quantitative estimate of drug-likeness (QED) is 0.685. The van der Waals surface area contributed by atoms with Crippen LogP contribution in [-0.4, -0.2) is 43.9 Å². The second-order valence-corrected chi connectivity index (χ2v) is 4.86. The summed E-state index contributed by atoms with van der Waals surface area (Å²) in [6, 6.07) is 1.92. The summed E-state index contributed by atoms with van der Waals surface area (Å²) in [6.45, 7) is 7.08. The Hall–Kier alpha value is -1.40. The molecule has 2 N–H and O–H groups in total. The molecule has 0 aliphatic carbocycles. The first-order valence-electron chi connectivity index (χ1n) is 7.03. The van der Waals surface area contributed by atoms with E-state index in [2.05, 4.69) is 34.4 Å². The number of nitrogens with one attached hydrogen (secondary N) is 2. The van der Waals surface area contributed by atoms with Gasteiger partial charge in [-0.2, -0.15) is 0 Å². The van der Waals surface area contributed by atoms with E-state index in [9.17, 15) is 0 Å². The molecule has 0 aromatic carbocycles. The minimum absolute atomic E-state index is 0.407. The standard InChI is InChI=1S/C14H26N4O2/c1-5-6-15-12-7-13(16-8-11(2)9-19-3)18-14(17-12)10-20-4/h7,11H,5-6,8-10H2,1-4H3,(H2,15,16,17,18). The predicted octanol–water partition coefficient (Wildman–Crippen LogP) is 2.14. The van der Waals surface area contributed by atoms with Crippen LogP contribution in [0.4, 0.5) is 11.6 Å². The molecule has 0 saturated carbocycles. The van der Waals surface area contributed by atoms with E-state index in [1.165, 1.54) is 0 Å². The van der Waals surface area contributed by atoms with Crippen LogP contribution in [0.2, 0.25) is 0 Å². The van der Waals surface area contributed by atoms with Gasteiger partial charge < -0.3 is 20.1 Å². The van der Waals surface area contributed by atoms with Gasteiger partial charge in [-0.3, -0.25) is 0 Å². The molecule has 114 valence electrons. The Bertz CT molecular complexity index is 387. The Morgan fingerprint density at radius 1 is 1.15 bits per heavy atom. The maximum Gasteiger partial charge on any atom is 0.158 e. The molecule has 1 unspecified atom stereocenters. The molecule has 1 atom stereocenters. The maximum atomic E-state index is 5.13. The van der Waals surface area contributed by atoms with Gasteiger partial charge in [0.2, 0.25) is 0 Å². The summed E-state index contributed by atoms with van der Waals surface area (Å²) in [7, 11) is 3.36. The van der Waals surface area contributed by atoms with Crippen LogP contribution in [0.15, 0.2) is 6.07 Å². The Morgan fingerprint density at radius 3 is 2.45 bits per heavy atom. The average Bonchev–Trinajstić information content (AvgIpc) is 2.43. The fourth-order valence-corrected chi connectivity index (χ4v) is 1.75. The van der Waals surface area contributed by atoms with Gasteiger partial charge in [0.1, 0.15) is 18.2 Å². The van der Waals surface area contributed by atoms with Crippen LogP contribution in [0, 0.1) is 5.92 Å². The molecule has 0 aliphatic rings.